The van der Waals surface area contributed by atoms with Crippen molar-refractivity contribution in [2.75, 3.05) is 6.54 Å². The molecule has 6 atom stereocenters. The molecule has 1 aliphatic heterocycles. The van der Waals surface area contributed by atoms with E-state index in [1.165, 1.54) is 25.7 Å². The Kier molecular flexibility index (Phi) is 8.29. The van der Waals surface area contributed by atoms with Gasteiger partial charge in [0.15, 0.2) is 6.10 Å². The fraction of sp³-hybridized carbons (Fsp3) is 0.682. The molecule has 1 saturated carbocycles. The number of ether oxygens (including phenoxy) is 2. The summed E-state index contributed by atoms with van der Waals surface area (Å²) in [4.78, 5) is 4.46. The summed E-state index contributed by atoms with van der Waals surface area (Å²) in [6.07, 6.45) is 1.90. The van der Waals surface area contributed by atoms with Crippen molar-refractivity contribution in [3.05, 3.63) is 35.9 Å². The molecule has 0 unspecified atom stereocenters. The summed E-state index contributed by atoms with van der Waals surface area (Å²) in [5, 5.41) is 34.2. The predicted octanol–water partition coefficient (Wildman–Crippen LogP) is 1.74. The van der Waals surface area contributed by atoms with Crippen molar-refractivity contribution >= 4 is 6.02 Å². The molecule has 4 N–H and O–H groups in total. The van der Waals surface area contributed by atoms with Gasteiger partial charge in [-0.3, -0.25) is 0 Å². The highest BCUT2D eigenvalue weighted by Crippen LogP contribution is 2.30. The van der Waals surface area contributed by atoms with Crippen molar-refractivity contribution in [2.45, 2.75) is 88.6 Å². The van der Waals surface area contributed by atoms with E-state index in [4.69, 9.17) is 9.47 Å². The standard InChI is InChI=1S/C22H34N2O5/c1-2-3-4-5-6-10-13-23-22-24-16-20(28-14-15-11-8-7-9-12-15)18(26)17(25)19(27)21(16)29-22/h7-9,11-12,16-21,25-27H,2-6,10,13-14H2,1H3,(H,23,24)/t16-,17+,18+,19-,20+,21-/m1/s1. The van der Waals surface area contributed by atoms with Crippen LogP contribution in [0.25, 0.3) is 0 Å². The van der Waals surface area contributed by atoms with Gasteiger partial charge in [0.25, 0.3) is 6.02 Å². The molecular weight excluding hydrogens is 372 g/mol. The first-order chi connectivity index (χ1) is 14.1. The summed E-state index contributed by atoms with van der Waals surface area (Å²) in [7, 11) is 0. The number of amidine groups is 1. The normalized spacial score (nSPS) is 32.6. The Bertz CT molecular complexity index is 641. The van der Waals surface area contributed by atoms with Gasteiger partial charge in [-0.15, -0.1) is 0 Å². The fourth-order valence-corrected chi connectivity index (χ4v) is 3.94. The van der Waals surface area contributed by atoms with E-state index in [1.807, 2.05) is 30.3 Å². The van der Waals surface area contributed by atoms with Crippen LogP contribution in [0.3, 0.4) is 0 Å². The van der Waals surface area contributed by atoms with Gasteiger partial charge in [0.1, 0.15) is 24.4 Å². The fourth-order valence-electron chi connectivity index (χ4n) is 3.94. The number of benzene rings is 1. The smallest absolute Gasteiger partial charge is 0.285 e. The quantitative estimate of drug-likeness (QED) is 0.442. The van der Waals surface area contributed by atoms with Gasteiger partial charge in [0, 0.05) is 6.54 Å². The lowest BCUT2D eigenvalue weighted by Crippen LogP contribution is -2.65. The van der Waals surface area contributed by atoms with Crippen LogP contribution in [0.5, 0.6) is 0 Å². The number of hydrogen-bond donors (Lipinski definition) is 4. The van der Waals surface area contributed by atoms with E-state index in [1.54, 1.807) is 0 Å². The molecule has 0 spiro atoms. The van der Waals surface area contributed by atoms with E-state index < -0.39 is 36.6 Å². The SMILES string of the molecule is CCCCCCCCN=C1N[C@@H]2[C@H](OCc3ccccc3)[C@@H](O)[C@H](O)[C@@H](O)[C@@H]2O1. The molecule has 3 rings (SSSR count). The molecule has 2 aliphatic rings. The second-order valence-corrected chi connectivity index (χ2v) is 7.94. The van der Waals surface area contributed by atoms with Crippen LogP contribution in [0.1, 0.15) is 51.0 Å². The van der Waals surface area contributed by atoms with Gasteiger partial charge in [0.05, 0.1) is 12.6 Å². The number of rotatable bonds is 10. The van der Waals surface area contributed by atoms with E-state index in [-0.39, 0.29) is 0 Å². The molecule has 1 saturated heterocycles. The second kappa shape index (κ2) is 10.9. The molecule has 0 amide bonds. The van der Waals surface area contributed by atoms with E-state index in [2.05, 4.69) is 17.2 Å². The largest absolute Gasteiger partial charge is 0.457 e. The van der Waals surface area contributed by atoms with Gasteiger partial charge in [-0.25, -0.2) is 4.99 Å². The summed E-state index contributed by atoms with van der Waals surface area (Å²) in [5.74, 6) is 0. The zero-order valence-corrected chi connectivity index (χ0v) is 17.1. The highest BCUT2D eigenvalue weighted by atomic mass is 16.6. The van der Waals surface area contributed by atoms with Crippen LogP contribution in [0.2, 0.25) is 0 Å². The van der Waals surface area contributed by atoms with Gasteiger partial charge in [-0.1, -0.05) is 69.4 Å². The highest BCUT2D eigenvalue weighted by molar-refractivity contribution is 5.76. The van der Waals surface area contributed by atoms with Crippen LogP contribution in [0.15, 0.2) is 35.3 Å². The lowest BCUT2D eigenvalue weighted by atomic mass is 9.83. The number of nitrogens with one attached hydrogen (secondary N) is 1. The summed E-state index contributed by atoms with van der Waals surface area (Å²) in [6, 6.07) is 9.50. The molecule has 1 aliphatic carbocycles. The molecule has 2 fully saturated rings. The summed E-state index contributed by atoms with van der Waals surface area (Å²) >= 11 is 0. The number of fused-ring (bicyclic) bond motifs is 1. The Morgan fingerprint density at radius 1 is 0.966 bits per heavy atom. The minimum absolute atomic E-state index is 0.292. The summed E-state index contributed by atoms with van der Waals surface area (Å²) in [5.41, 5.74) is 0.966. The Hall–Kier alpha value is -1.67. The van der Waals surface area contributed by atoms with Crippen LogP contribution in [0.4, 0.5) is 0 Å². The molecule has 0 bridgehead atoms. The third kappa shape index (κ3) is 5.69. The van der Waals surface area contributed by atoms with Crippen LogP contribution >= 0.6 is 0 Å². The number of hydrogen-bond acceptors (Lipinski definition) is 6. The molecule has 0 radical (unpaired) electrons. The van der Waals surface area contributed by atoms with E-state index in [9.17, 15) is 15.3 Å². The summed E-state index contributed by atoms with van der Waals surface area (Å²) in [6.45, 7) is 3.14. The van der Waals surface area contributed by atoms with Gasteiger partial charge < -0.3 is 30.1 Å². The Balaban J connectivity index is 1.56. The van der Waals surface area contributed by atoms with Crippen molar-refractivity contribution < 1.29 is 24.8 Å². The monoisotopic (exact) mass is 406 g/mol. The van der Waals surface area contributed by atoms with E-state index in [0.29, 0.717) is 19.2 Å². The average molecular weight is 407 g/mol. The lowest BCUT2D eigenvalue weighted by molar-refractivity contribution is -0.191. The number of unbranched alkanes of at least 4 members (excludes halogenated alkanes) is 5. The van der Waals surface area contributed by atoms with Crippen molar-refractivity contribution in [3.63, 3.8) is 0 Å². The maximum atomic E-state index is 10.5. The highest BCUT2D eigenvalue weighted by Gasteiger charge is 2.55. The number of aliphatic imine (C=N–C) groups is 1. The maximum Gasteiger partial charge on any atom is 0.285 e. The predicted molar refractivity (Wildman–Crippen MR) is 111 cm³/mol. The molecule has 1 heterocycles. The van der Waals surface area contributed by atoms with Crippen LogP contribution in [-0.2, 0) is 16.1 Å². The zero-order chi connectivity index (χ0) is 20.6. The van der Waals surface area contributed by atoms with Crippen LogP contribution in [0, 0.1) is 0 Å². The number of aliphatic hydroxyl groups is 3. The van der Waals surface area contributed by atoms with Crippen LogP contribution < -0.4 is 5.32 Å². The number of aliphatic hydroxyl groups excluding tert-OH is 3. The van der Waals surface area contributed by atoms with Gasteiger partial charge >= 0.3 is 0 Å². The third-order valence-corrected chi connectivity index (χ3v) is 5.67. The Morgan fingerprint density at radius 2 is 1.69 bits per heavy atom. The molecule has 1 aromatic carbocycles. The molecule has 7 nitrogen and oxygen atoms in total. The Morgan fingerprint density at radius 3 is 2.45 bits per heavy atom. The zero-order valence-electron chi connectivity index (χ0n) is 17.1. The topological polar surface area (TPSA) is 104 Å². The summed E-state index contributed by atoms with van der Waals surface area (Å²) < 4.78 is 11.7. The first-order valence-electron chi connectivity index (χ1n) is 10.8. The average Bonchev–Trinajstić information content (AvgIpc) is 3.16. The molecular formula is C22H34N2O5. The van der Waals surface area contributed by atoms with E-state index >= 15 is 0 Å². The van der Waals surface area contributed by atoms with Crippen molar-refractivity contribution in [3.8, 4) is 0 Å². The lowest BCUT2D eigenvalue weighted by Gasteiger charge is -2.41. The van der Waals surface area contributed by atoms with Crippen LogP contribution in [-0.4, -0.2) is 64.4 Å². The molecule has 7 heteroatoms. The first-order valence-corrected chi connectivity index (χ1v) is 10.8. The molecule has 1 aromatic rings. The second-order valence-electron chi connectivity index (χ2n) is 7.94. The maximum absolute atomic E-state index is 10.5. The van der Waals surface area contributed by atoms with Crippen molar-refractivity contribution in [1.29, 1.82) is 0 Å². The van der Waals surface area contributed by atoms with Crippen molar-refractivity contribution in [2.24, 2.45) is 4.99 Å². The first kappa shape index (κ1) is 22.0. The van der Waals surface area contributed by atoms with Gasteiger partial charge in [0.2, 0.25) is 0 Å². The molecule has 162 valence electrons. The van der Waals surface area contributed by atoms with Crippen molar-refractivity contribution in [1.82, 2.24) is 5.32 Å². The molecule has 0 aromatic heterocycles. The third-order valence-electron chi connectivity index (χ3n) is 5.67. The van der Waals surface area contributed by atoms with E-state index in [0.717, 1.165) is 18.4 Å². The van der Waals surface area contributed by atoms with Gasteiger partial charge in [-0.05, 0) is 12.0 Å². The minimum atomic E-state index is -1.34. The Labute approximate surface area is 172 Å². The minimum Gasteiger partial charge on any atom is -0.457 e. The molecule has 29 heavy (non-hydrogen) atoms. The van der Waals surface area contributed by atoms with Gasteiger partial charge in [-0.2, -0.15) is 0 Å². The number of nitrogens with zero attached hydrogens (tertiary/aromatic N) is 1.